The summed E-state index contributed by atoms with van der Waals surface area (Å²) in [6.07, 6.45) is 2.27. The van der Waals surface area contributed by atoms with Crippen molar-refractivity contribution >= 4 is 16.3 Å². The molecule has 0 radical (unpaired) electrons. The Kier molecular flexibility index (Phi) is 4.74. The molecular weight excluding hydrogens is 348 g/mol. The van der Waals surface area contributed by atoms with Gasteiger partial charge in [-0.3, -0.25) is 9.69 Å². The van der Waals surface area contributed by atoms with Gasteiger partial charge in [-0.15, -0.1) is 0 Å². The molecule has 0 amide bonds. The van der Waals surface area contributed by atoms with Crippen molar-refractivity contribution in [3.05, 3.63) is 57.0 Å². The Morgan fingerprint density at radius 2 is 2.12 bits per heavy atom. The van der Waals surface area contributed by atoms with Gasteiger partial charge in [0.05, 0.1) is 12.3 Å². The lowest BCUT2D eigenvalue weighted by atomic mass is 10.0. The number of ether oxygens (including phenoxy) is 1. The standard InChI is InChI=1S/C19H22N4O2S/c1-3-25-16-8-6-14(7-9-16)17-5-4-10-22(17)12-15-11-18(24)23-19(20-15)26-13(2)21-23/h6-9,11,17H,3-5,10,12H2,1-2H3. The molecule has 0 spiro atoms. The van der Waals surface area contributed by atoms with Crippen LogP contribution in [-0.2, 0) is 6.54 Å². The number of aryl methyl sites for hydroxylation is 1. The van der Waals surface area contributed by atoms with Gasteiger partial charge < -0.3 is 4.74 Å². The maximum absolute atomic E-state index is 12.3. The fourth-order valence-corrected chi connectivity index (χ4v) is 4.35. The Labute approximate surface area is 156 Å². The molecule has 1 aliphatic rings. The van der Waals surface area contributed by atoms with E-state index in [0.717, 1.165) is 35.8 Å². The number of nitrogens with zero attached hydrogens (tertiary/aromatic N) is 4. The molecule has 0 aliphatic carbocycles. The van der Waals surface area contributed by atoms with Crippen molar-refractivity contribution in [2.75, 3.05) is 13.2 Å². The number of aromatic nitrogens is 3. The van der Waals surface area contributed by atoms with Crippen LogP contribution in [-0.4, -0.2) is 32.6 Å². The van der Waals surface area contributed by atoms with Gasteiger partial charge >= 0.3 is 0 Å². The molecule has 1 unspecified atom stereocenters. The largest absolute Gasteiger partial charge is 0.494 e. The summed E-state index contributed by atoms with van der Waals surface area (Å²) in [5.41, 5.74) is 2.00. The highest BCUT2D eigenvalue weighted by Gasteiger charge is 2.26. The summed E-state index contributed by atoms with van der Waals surface area (Å²) in [4.78, 5) is 20.0. The fraction of sp³-hybridized carbons (Fsp3) is 0.421. The van der Waals surface area contributed by atoms with E-state index in [1.807, 2.05) is 26.0 Å². The molecule has 26 heavy (non-hydrogen) atoms. The summed E-state index contributed by atoms with van der Waals surface area (Å²) in [6.45, 7) is 6.25. The van der Waals surface area contributed by atoms with Gasteiger partial charge in [0.15, 0.2) is 0 Å². The zero-order chi connectivity index (χ0) is 18.1. The first-order chi connectivity index (χ1) is 12.6. The second kappa shape index (κ2) is 7.17. The van der Waals surface area contributed by atoms with Crippen LogP contribution in [0, 0.1) is 6.92 Å². The monoisotopic (exact) mass is 370 g/mol. The smallest absolute Gasteiger partial charge is 0.275 e. The van der Waals surface area contributed by atoms with Gasteiger partial charge in [0.25, 0.3) is 5.56 Å². The lowest BCUT2D eigenvalue weighted by molar-refractivity contribution is 0.245. The molecule has 7 heteroatoms. The highest BCUT2D eigenvalue weighted by atomic mass is 32.1. The average molecular weight is 370 g/mol. The minimum atomic E-state index is -0.105. The van der Waals surface area contributed by atoms with E-state index in [1.54, 1.807) is 6.07 Å². The van der Waals surface area contributed by atoms with Crippen LogP contribution in [0.2, 0.25) is 0 Å². The molecule has 0 bridgehead atoms. The third-order valence-corrected chi connectivity index (χ3v) is 5.53. The van der Waals surface area contributed by atoms with E-state index in [9.17, 15) is 4.79 Å². The molecule has 1 fully saturated rings. The summed E-state index contributed by atoms with van der Waals surface area (Å²) in [7, 11) is 0. The van der Waals surface area contributed by atoms with Crippen LogP contribution in [0.5, 0.6) is 5.75 Å². The Bertz CT molecular complexity index is 964. The van der Waals surface area contributed by atoms with Crippen LogP contribution >= 0.6 is 11.3 Å². The second-order valence-electron chi connectivity index (χ2n) is 6.53. The van der Waals surface area contributed by atoms with Gasteiger partial charge in [-0.2, -0.15) is 9.61 Å². The minimum Gasteiger partial charge on any atom is -0.494 e. The van der Waals surface area contributed by atoms with Crippen molar-refractivity contribution in [3.8, 4) is 5.75 Å². The van der Waals surface area contributed by atoms with Gasteiger partial charge in [0, 0.05) is 18.7 Å². The minimum absolute atomic E-state index is 0.105. The molecule has 1 aromatic carbocycles. The van der Waals surface area contributed by atoms with E-state index in [-0.39, 0.29) is 5.56 Å². The van der Waals surface area contributed by atoms with Gasteiger partial charge in [-0.1, -0.05) is 23.5 Å². The molecule has 136 valence electrons. The summed E-state index contributed by atoms with van der Waals surface area (Å²) in [5, 5.41) is 5.05. The van der Waals surface area contributed by atoms with Crippen LogP contribution in [0.4, 0.5) is 0 Å². The van der Waals surface area contributed by atoms with Crippen molar-refractivity contribution in [2.45, 2.75) is 39.3 Å². The van der Waals surface area contributed by atoms with E-state index in [4.69, 9.17) is 4.74 Å². The highest BCUT2D eigenvalue weighted by molar-refractivity contribution is 7.16. The maximum atomic E-state index is 12.3. The Hall–Kier alpha value is -2.25. The lowest BCUT2D eigenvalue weighted by Gasteiger charge is -2.24. The fourth-order valence-electron chi connectivity index (χ4n) is 3.59. The number of hydrogen-bond donors (Lipinski definition) is 0. The Morgan fingerprint density at radius 3 is 2.88 bits per heavy atom. The van der Waals surface area contributed by atoms with E-state index in [2.05, 4.69) is 27.1 Å². The molecule has 1 saturated heterocycles. The zero-order valence-electron chi connectivity index (χ0n) is 15.0. The van der Waals surface area contributed by atoms with Crippen molar-refractivity contribution in [1.29, 1.82) is 0 Å². The Morgan fingerprint density at radius 1 is 1.31 bits per heavy atom. The summed E-state index contributed by atoms with van der Waals surface area (Å²) < 4.78 is 6.92. The SMILES string of the molecule is CCOc1ccc(C2CCCN2Cc2cc(=O)n3nc(C)sc3n2)cc1. The van der Waals surface area contributed by atoms with Crippen molar-refractivity contribution < 1.29 is 4.74 Å². The number of hydrogen-bond acceptors (Lipinski definition) is 6. The zero-order valence-corrected chi connectivity index (χ0v) is 15.8. The van der Waals surface area contributed by atoms with Crippen molar-refractivity contribution in [3.63, 3.8) is 0 Å². The lowest BCUT2D eigenvalue weighted by Crippen LogP contribution is -2.25. The number of rotatable bonds is 5. The molecule has 1 atom stereocenters. The maximum Gasteiger partial charge on any atom is 0.275 e. The molecular formula is C19H22N4O2S. The number of benzene rings is 1. The molecule has 0 N–H and O–H groups in total. The predicted molar refractivity (Wildman–Crippen MR) is 102 cm³/mol. The van der Waals surface area contributed by atoms with Crippen LogP contribution in [0.3, 0.4) is 0 Å². The quantitative estimate of drug-likeness (QED) is 0.690. The number of fused-ring (bicyclic) bond motifs is 1. The number of likely N-dealkylation sites (tertiary alicyclic amines) is 1. The molecule has 2 aromatic heterocycles. The summed E-state index contributed by atoms with van der Waals surface area (Å²) in [6, 6.07) is 10.3. The average Bonchev–Trinajstić information content (AvgIpc) is 3.22. The van der Waals surface area contributed by atoms with Gasteiger partial charge in [0.1, 0.15) is 10.8 Å². The molecule has 3 aromatic rings. The predicted octanol–water partition coefficient (Wildman–Crippen LogP) is 3.20. The van der Waals surface area contributed by atoms with Crippen molar-refractivity contribution in [1.82, 2.24) is 19.5 Å². The summed E-state index contributed by atoms with van der Waals surface area (Å²) in [5.74, 6) is 0.904. The topological polar surface area (TPSA) is 59.7 Å². The second-order valence-corrected chi connectivity index (χ2v) is 7.69. The third kappa shape index (κ3) is 3.37. The van der Waals surface area contributed by atoms with Gasteiger partial charge in [-0.05, 0) is 50.9 Å². The molecule has 4 rings (SSSR count). The first-order valence-corrected chi connectivity index (χ1v) is 9.79. The van der Waals surface area contributed by atoms with Crippen LogP contribution in [0.25, 0.3) is 4.96 Å². The molecule has 6 nitrogen and oxygen atoms in total. The van der Waals surface area contributed by atoms with E-state index < -0.39 is 0 Å². The third-order valence-electron chi connectivity index (χ3n) is 4.70. The van der Waals surface area contributed by atoms with Crippen LogP contribution in [0.15, 0.2) is 35.1 Å². The first kappa shape index (κ1) is 17.2. The van der Waals surface area contributed by atoms with Gasteiger partial charge in [0.2, 0.25) is 4.96 Å². The summed E-state index contributed by atoms with van der Waals surface area (Å²) >= 11 is 1.45. The van der Waals surface area contributed by atoms with Crippen molar-refractivity contribution in [2.24, 2.45) is 0 Å². The Balaban J connectivity index is 1.56. The highest BCUT2D eigenvalue weighted by Crippen LogP contribution is 2.33. The molecule has 0 saturated carbocycles. The van der Waals surface area contributed by atoms with E-state index in [1.165, 1.54) is 21.4 Å². The van der Waals surface area contributed by atoms with E-state index >= 15 is 0 Å². The normalized spacial score (nSPS) is 17.8. The van der Waals surface area contributed by atoms with E-state index in [0.29, 0.717) is 24.2 Å². The first-order valence-electron chi connectivity index (χ1n) is 8.97. The molecule has 1 aliphatic heterocycles. The van der Waals surface area contributed by atoms with Gasteiger partial charge in [-0.25, -0.2) is 4.98 Å². The molecule has 3 heterocycles. The van der Waals surface area contributed by atoms with Crippen LogP contribution in [0.1, 0.15) is 42.1 Å². The van der Waals surface area contributed by atoms with Crippen LogP contribution < -0.4 is 10.3 Å².